The summed E-state index contributed by atoms with van der Waals surface area (Å²) < 4.78 is 17.2. The van der Waals surface area contributed by atoms with E-state index in [-0.39, 0.29) is 11.6 Å². The standard InChI is InChI=1S/C11H9FN4O2/c1-18-10(17)9-8(3-2-4-13-9)16-11-14-5-7(12)6-15-11/h2-6H,1H3,(H,14,15,16). The fraction of sp³-hybridized carbons (Fsp3) is 0.0909. The van der Waals surface area contributed by atoms with Gasteiger partial charge in [-0.1, -0.05) is 0 Å². The van der Waals surface area contributed by atoms with Crippen LogP contribution >= 0.6 is 0 Å². The number of hydrogen-bond donors (Lipinski definition) is 1. The summed E-state index contributed by atoms with van der Waals surface area (Å²) in [6.07, 6.45) is 3.50. The van der Waals surface area contributed by atoms with Crippen molar-refractivity contribution >= 4 is 17.6 Å². The molecule has 18 heavy (non-hydrogen) atoms. The van der Waals surface area contributed by atoms with E-state index in [1.807, 2.05) is 0 Å². The number of carbonyl (C=O) groups excluding carboxylic acids is 1. The van der Waals surface area contributed by atoms with E-state index in [1.54, 1.807) is 12.1 Å². The third-order valence-electron chi connectivity index (χ3n) is 2.05. The summed E-state index contributed by atoms with van der Waals surface area (Å²) in [7, 11) is 1.26. The minimum absolute atomic E-state index is 0.105. The van der Waals surface area contributed by atoms with Crippen molar-refractivity contribution < 1.29 is 13.9 Å². The summed E-state index contributed by atoms with van der Waals surface area (Å²) in [6, 6.07) is 3.25. The van der Waals surface area contributed by atoms with Gasteiger partial charge in [-0.25, -0.2) is 24.1 Å². The number of esters is 1. The summed E-state index contributed by atoms with van der Waals surface area (Å²) in [5.41, 5.74) is 0.490. The molecular weight excluding hydrogens is 239 g/mol. The Morgan fingerprint density at radius 2 is 2.06 bits per heavy atom. The Bertz CT molecular complexity index is 559. The molecule has 0 aliphatic heterocycles. The minimum Gasteiger partial charge on any atom is -0.464 e. The number of pyridine rings is 1. The first kappa shape index (κ1) is 11.9. The monoisotopic (exact) mass is 248 g/mol. The topological polar surface area (TPSA) is 77.0 Å². The average molecular weight is 248 g/mol. The van der Waals surface area contributed by atoms with Crippen LogP contribution in [-0.4, -0.2) is 28.0 Å². The summed E-state index contributed by atoms with van der Waals surface area (Å²) in [5.74, 6) is -0.963. The number of hydrogen-bond acceptors (Lipinski definition) is 6. The van der Waals surface area contributed by atoms with Crippen molar-refractivity contribution in [2.24, 2.45) is 0 Å². The first-order valence-corrected chi connectivity index (χ1v) is 4.98. The molecule has 0 aliphatic carbocycles. The van der Waals surface area contributed by atoms with E-state index in [0.29, 0.717) is 5.69 Å². The highest BCUT2D eigenvalue weighted by atomic mass is 19.1. The maximum atomic E-state index is 12.6. The zero-order valence-corrected chi connectivity index (χ0v) is 9.42. The molecule has 0 amide bonds. The van der Waals surface area contributed by atoms with Crippen LogP contribution in [0.15, 0.2) is 30.7 Å². The molecule has 0 aliphatic rings. The highest BCUT2D eigenvalue weighted by molar-refractivity contribution is 5.93. The molecule has 0 bridgehead atoms. The van der Waals surface area contributed by atoms with Crippen molar-refractivity contribution in [1.29, 1.82) is 0 Å². The fourth-order valence-corrected chi connectivity index (χ4v) is 1.26. The van der Waals surface area contributed by atoms with Crippen LogP contribution in [-0.2, 0) is 4.74 Å². The van der Waals surface area contributed by atoms with Crippen LogP contribution in [0.4, 0.5) is 16.0 Å². The second kappa shape index (κ2) is 5.17. The number of carbonyl (C=O) groups is 1. The second-order valence-corrected chi connectivity index (χ2v) is 3.24. The third kappa shape index (κ3) is 2.57. The quantitative estimate of drug-likeness (QED) is 0.830. The number of ether oxygens (including phenoxy) is 1. The number of nitrogens with zero attached hydrogens (tertiary/aromatic N) is 3. The van der Waals surface area contributed by atoms with E-state index in [2.05, 4.69) is 25.0 Å². The average Bonchev–Trinajstić information content (AvgIpc) is 2.41. The lowest BCUT2D eigenvalue weighted by molar-refractivity contribution is 0.0595. The van der Waals surface area contributed by atoms with E-state index in [0.717, 1.165) is 12.4 Å². The Kier molecular flexibility index (Phi) is 3.42. The van der Waals surface area contributed by atoms with Gasteiger partial charge in [0.05, 0.1) is 25.2 Å². The molecule has 2 rings (SSSR count). The molecule has 0 atom stereocenters. The van der Waals surface area contributed by atoms with Crippen molar-refractivity contribution in [3.05, 3.63) is 42.2 Å². The summed E-state index contributed by atoms with van der Waals surface area (Å²) in [4.78, 5) is 22.8. The van der Waals surface area contributed by atoms with Crippen LogP contribution in [0, 0.1) is 5.82 Å². The van der Waals surface area contributed by atoms with Crippen molar-refractivity contribution in [3.63, 3.8) is 0 Å². The first-order chi connectivity index (χ1) is 8.70. The van der Waals surface area contributed by atoms with E-state index in [1.165, 1.54) is 13.3 Å². The van der Waals surface area contributed by atoms with Crippen LogP contribution in [0.5, 0.6) is 0 Å². The molecule has 0 fully saturated rings. The fourth-order valence-electron chi connectivity index (χ4n) is 1.26. The molecule has 2 aromatic heterocycles. The number of halogens is 1. The molecular formula is C11H9FN4O2. The summed E-state index contributed by atoms with van der Waals surface area (Å²) in [5, 5.41) is 2.76. The summed E-state index contributed by atoms with van der Waals surface area (Å²) >= 11 is 0. The lowest BCUT2D eigenvalue weighted by Gasteiger charge is -2.07. The lowest BCUT2D eigenvalue weighted by Crippen LogP contribution is -2.09. The van der Waals surface area contributed by atoms with Crippen LogP contribution < -0.4 is 5.32 Å². The second-order valence-electron chi connectivity index (χ2n) is 3.24. The van der Waals surface area contributed by atoms with Gasteiger partial charge in [0.25, 0.3) is 0 Å². The van der Waals surface area contributed by atoms with Gasteiger partial charge in [-0.05, 0) is 12.1 Å². The minimum atomic E-state index is -0.583. The molecule has 0 saturated carbocycles. The van der Waals surface area contributed by atoms with E-state index >= 15 is 0 Å². The van der Waals surface area contributed by atoms with Crippen molar-refractivity contribution in [2.45, 2.75) is 0 Å². The lowest BCUT2D eigenvalue weighted by atomic mass is 10.3. The molecule has 1 N–H and O–H groups in total. The van der Waals surface area contributed by atoms with E-state index in [9.17, 15) is 9.18 Å². The molecule has 7 heteroatoms. The van der Waals surface area contributed by atoms with Crippen molar-refractivity contribution in [3.8, 4) is 0 Å². The predicted molar refractivity (Wildman–Crippen MR) is 60.8 cm³/mol. The molecule has 2 heterocycles. The van der Waals surface area contributed by atoms with E-state index < -0.39 is 11.8 Å². The largest absolute Gasteiger partial charge is 0.464 e. The number of nitrogens with one attached hydrogen (secondary N) is 1. The Morgan fingerprint density at radius 1 is 1.33 bits per heavy atom. The van der Waals surface area contributed by atoms with Gasteiger partial charge in [-0.3, -0.25) is 0 Å². The first-order valence-electron chi connectivity index (χ1n) is 4.98. The van der Waals surface area contributed by atoms with Gasteiger partial charge in [0, 0.05) is 6.20 Å². The van der Waals surface area contributed by atoms with Gasteiger partial charge in [0.15, 0.2) is 11.5 Å². The Balaban J connectivity index is 2.28. The zero-order chi connectivity index (χ0) is 13.0. The van der Waals surface area contributed by atoms with Crippen LogP contribution in [0.2, 0.25) is 0 Å². The van der Waals surface area contributed by atoms with Gasteiger partial charge in [0.1, 0.15) is 0 Å². The predicted octanol–water partition coefficient (Wildman–Crippen LogP) is 1.54. The molecule has 0 aromatic carbocycles. The Hall–Kier alpha value is -2.57. The van der Waals surface area contributed by atoms with Gasteiger partial charge < -0.3 is 10.1 Å². The molecule has 2 aromatic rings. The Labute approximate surface area is 102 Å². The number of methoxy groups -OCH3 is 1. The van der Waals surface area contributed by atoms with Crippen LogP contribution in [0.25, 0.3) is 0 Å². The maximum absolute atomic E-state index is 12.6. The number of rotatable bonds is 3. The van der Waals surface area contributed by atoms with Crippen LogP contribution in [0.3, 0.4) is 0 Å². The van der Waals surface area contributed by atoms with Gasteiger partial charge in [0.2, 0.25) is 5.95 Å². The maximum Gasteiger partial charge on any atom is 0.358 e. The number of aromatic nitrogens is 3. The highest BCUT2D eigenvalue weighted by Crippen LogP contribution is 2.16. The zero-order valence-electron chi connectivity index (χ0n) is 9.42. The molecule has 6 nitrogen and oxygen atoms in total. The molecule has 0 unspecified atom stereocenters. The van der Waals surface area contributed by atoms with E-state index in [4.69, 9.17) is 0 Å². The summed E-state index contributed by atoms with van der Waals surface area (Å²) in [6.45, 7) is 0. The van der Waals surface area contributed by atoms with Crippen molar-refractivity contribution in [2.75, 3.05) is 12.4 Å². The molecule has 92 valence electrons. The van der Waals surface area contributed by atoms with Gasteiger partial charge in [-0.2, -0.15) is 0 Å². The normalized spacial score (nSPS) is 9.89. The van der Waals surface area contributed by atoms with Gasteiger partial charge >= 0.3 is 5.97 Å². The van der Waals surface area contributed by atoms with Gasteiger partial charge in [-0.15, -0.1) is 0 Å². The molecule has 0 spiro atoms. The van der Waals surface area contributed by atoms with Crippen LogP contribution in [0.1, 0.15) is 10.5 Å². The molecule has 0 saturated heterocycles. The molecule has 0 radical (unpaired) electrons. The smallest absolute Gasteiger partial charge is 0.358 e. The SMILES string of the molecule is COC(=O)c1ncccc1Nc1ncc(F)cn1. The third-order valence-corrected chi connectivity index (χ3v) is 2.05. The van der Waals surface area contributed by atoms with Crippen molar-refractivity contribution in [1.82, 2.24) is 15.0 Å². The number of anilines is 2. The highest BCUT2D eigenvalue weighted by Gasteiger charge is 2.13. The Morgan fingerprint density at radius 3 is 2.72 bits per heavy atom.